The second-order valence-corrected chi connectivity index (χ2v) is 8.26. The molecular formula is C25H22N4O2S. The molecule has 4 aromatic rings. The molecule has 1 aromatic heterocycles. The Hall–Kier alpha value is -3.71. The van der Waals surface area contributed by atoms with Crippen LogP contribution in [0.1, 0.15) is 22.8 Å². The first kappa shape index (κ1) is 21.5. The minimum Gasteiger partial charge on any atom is -0.325 e. The van der Waals surface area contributed by atoms with Crippen LogP contribution in [-0.2, 0) is 4.79 Å². The minimum atomic E-state index is -0.185. The molecule has 0 spiro atoms. The molecule has 0 radical (unpaired) electrons. The average molecular weight is 443 g/mol. The van der Waals surface area contributed by atoms with Crippen LogP contribution in [0, 0.1) is 6.92 Å². The number of nitrogens with zero attached hydrogens (tertiary/aromatic N) is 3. The number of ketones is 1. The molecule has 0 bridgehead atoms. The maximum absolute atomic E-state index is 12.6. The molecule has 7 heteroatoms. The molecule has 0 saturated heterocycles. The molecule has 0 aliphatic carbocycles. The summed E-state index contributed by atoms with van der Waals surface area (Å²) in [5, 5.41) is 12.2. The van der Waals surface area contributed by atoms with Crippen LogP contribution in [0.5, 0.6) is 0 Å². The standard InChI is InChI=1S/C25H22N4O2S/c1-17-11-13-22(14-12-17)29-24(19-7-4-3-5-8-19)27-28-25(29)32-16-23(31)26-21-10-6-9-20(15-21)18(2)30/h3-15H,16H2,1-2H3,(H,26,31). The van der Waals surface area contributed by atoms with Gasteiger partial charge in [-0.2, -0.15) is 0 Å². The highest BCUT2D eigenvalue weighted by molar-refractivity contribution is 7.99. The fourth-order valence-electron chi connectivity index (χ4n) is 3.21. The Labute approximate surface area is 190 Å². The monoisotopic (exact) mass is 442 g/mol. The third-order valence-electron chi connectivity index (χ3n) is 4.84. The van der Waals surface area contributed by atoms with E-state index in [4.69, 9.17) is 0 Å². The molecule has 4 rings (SSSR count). The highest BCUT2D eigenvalue weighted by Crippen LogP contribution is 2.28. The molecule has 1 N–H and O–H groups in total. The smallest absolute Gasteiger partial charge is 0.234 e. The summed E-state index contributed by atoms with van der Waals surface area (Å²) in [5.41, 5.74) is 4.18. The zero-order valence-electron chi connectivity index (χ0n) is 17.8. The van der Waals surface area contributed by atoms with Gasteiger partial charge in [0.05, 0.1) is 5.75 Å². The van der Waals surface area contributed by atoms with Gasteiger partial charge in [0.15, 0.2) is 16.8 Å². The van der Waals surface area contributed by atoms with Gasteiger partial charge in [0.25, 0.3) is 0 Å². The van der Waals surface area contributed by atoms with Gasteiger partial charge in [-0.15, -0.1) is 10.2 Å². The molecule has 1 amide bonds. The first-order valence-electron chi connectivity index (χ1n) is 10.1. The van der Waals surface area contributed by atoms with E-state index in [0.717, 1.165) is 16.8 Å². The van der Waals surface area contributed by atoms with E-state index in [1.54, 1.807) is 24.3 Å². The van der Waals surface area contributed by atoms with Gasteiger partial charge >= 0.3 is 0 Å². The number of benzene rings is 3. The summed E-state index contributed by atoms with van der Waals surface area (Å²) in [7, 11) is 0. The highest BCUT2D eigenvalue weighted by atomic mass is 32.2. The van der Waals surface area contributed by atoms with Crippen molar-refractivity contribution in [2.45, 2.75) is 19.0 Å². The SMILES string of the molecule is CC(=O)c1cccc(NC(=O)CSc2nnc(-c3ccccc3)n2-c2ccc(C)cc2)c1. The van der Waals surface area contributed by atoms with Crippen LogP contribution in [0.15, 0.2) is 84.0 Å². The van der Waals surface area contributed by atoms with E-state index in [1.165, 1.54) is 18.7 Å². The number of aromatic nitrogens is 3. The predicted octanol–water partition coefficient (Wildman–Crippen LogP) is 5.18. The van der Waals surface area contributed by atoms with Crippen molar-refractivity contribution in [2.24, 2.45) is 0 Å². The van der Waals surface area contributed by atoms with E-state index in [9.17, 15) is 9.59 Å². The highest BCUT2D eigenvalue weighted by Gasteiger charge is 2.17. The summed E-state index contributed by atoms with van der Waals surface area (Å²) < 4.78 is 1.96. The van der Waals surface area contributed by atoms with Crippen LogP contribution >= 0.6 is 11.8 Å². The lowest BCUT2D eigenvalue weighted by molar-refractivity contribution is -0.113. The summed E-state index contributed by atoms with van der Waals surface area (Å²) in [6.45, 7) is 3.54. The van der Waals surface area contributed by atoms with Gasteiger partial charge < -0.3 is 5.32 Å². The molecule has 0 unspecified atom stereocenters. The Balaban J connectivity index is 1.56. The van der Waals surface area contributed by atoms with Crippen molar-refractivity contribution in [2.75, 3.05) is 11.1 Å². The van der Waals surface area contributed by atoms with Crippen molar-refractivity contribution in [3.63, 3.8) is 0 Å². The Bertz CT molecular complexity index is 1250. The van der Waals surface area contributed by atoms with Crippen LogP contribution in [0.25, 0.3) is 17.1 Å². The van der Waals surface area contributed by atoms with Crippen molar-refractivity contribution in [1.82, 2.24) is 14.8 Å². The van der Waals surface area contributed by atoms with Crippen molar-refractivity contribution in [3.8, 4) is 17.1 Å². The Morgan fingerprint density at radius 2 is 1.69 bits per heavy atom. The molecule has 1 heterocycles. The molecule has 0 aliphatic rings. The number of thioether (sulfide) groups is 1. The Morgan fingerprint density at radius 1 is 0.938 bits per heavy atom. The number of rotatable bonds is 7. The second kappa shape index (κ2) is 9.62. The van der Waals surface area contributed by atoms with Crippen LogP contribution in [0.2, 0.25) is 0 Å². The lowest BCUT2D eigenvalue weighted by atomic mass is 10.1. The first-order chi connectivity index (χ1) is 15.5. The molecule has 0 saturated carbocycles. The Morgan fingerprint density at radius 3 is 2.41 bits per heavy atom. The van der Waals surface area contributed by atoms with E-state index in [1.807, 2.05) is 66.1 Å². The van der Waals surface area contributed by atoms with Gasteiger partial charge in [0, 0.05) is 22.5 Å². The van der Waals surface area contributed by atoms with Crippen LogP contribution in [0.3, 0.4) is 0 Å². The number of hydrogen-bond acceptors (Lipinski definition) is 5. The van der Waals surface area contributed by atoms with Gasteiger partial charge in [-0.25, -0.2) is 0 Å². The average Bonchev–Trinajstić information content (AvgIpc) is 3.23. The normalized spacial score (nSPS) is 10.7. The van der Waals surface area contributed by atoms with Crippen molar-refractivity contribution in [3.05, 3.63) is 90.0 Å². The lowest BCUT2D eigenvalue weighted by Crippen LogP contribution is -2.15. The number of aryl methyl sites for hydroxylation is 1. The summed E-state index contributed by atoms with van der Waals surface area (Å²) in [5.74, 6) is 0.639. The van der Waals surface area contributed by atoms with Crippen molar-refractivity contribution < 1.29 is 9.59 Å². The molecule has 32 heavy (non-hydrogen) atoms. The third kappa shape index (κ3) is 4.95. The molecular weight excluding hydrogens is 420 g/mol. The second-order valence-electron chi connectivity index (χ2n) is 7.32. The quantitative estimate of drug-likeness (QED) is 0.315. The third-order valence-corrected chi connectivity index (χ3v) is 5.77. The van der Waals surface area contributed by atoms with Gasteiger partial charge in [-0.3, -0.25) is 14.2 Å². The minimum absolute atomic E-state index is 0.0462. The first-order valence-corrected chi connectivity index (χ1v) is 11.1. The van der Waals surface area contributed by atoms with E-state index in [0.29, 0.717) is 22.2 Å². The van der Waals surface area contributed by atoms with E-state index in [-0.39, 0.29) is 17.4 Å². The number of nitrogens with one attached hydrogen (secondary N) is 1. The van der Waals surface area contributed by atoms with Gasteiger partial charge in [0.1, 0.15) is 0 Å². The largest absolute Gasteiger partial charge is 0.325 e. The Kier molecular flexibility index (Phi) is 6.47. The maximum atomic E-state index is 12.6. The van der Waals surface area contributed by atoms with Crippen LogP contribution in [-0.4, -0.2) is 32.2 Å². The lowest BCUT2D eigenvalue weighted by Gasteiger charge is -2.11. The van der Waals surface area contributed by atoms with E-state index in [2.05, 4.69) is 15.5 Å². The molecule has 3 aromatic carbocycles. The maximum Gasteiger partial charge on any atom is 0.234 e. The summed E-state index contributed by atoms with van der Waals surface area (Å²) in [4.78, 5) is 24.1. The molecule has 0 atom stereocenters. The van der Waals surface area contributed by atoms with Crippen LogP contribution in [0.4, 0.5) is 5.69 Å². The van der Waals surface area contributed by atoms with Gasteiger partial charge in [-0.05, 0) is 38.1 Å². The fourth-order valence-corrected chi connectivity index (χ4v) is 3.96. The number of hydrogen-bond donors (Lipinski definition) is 1. The van der Waals surface area contributed by atoms with Gasteiger partial charge in [-0.1, -0.05) is 71.9 Å². The summed E-state index contributed by atoms with van der Waals surface area (Å²) >= 11 is 1.31. The topological polar surface area (TPSA) is 76.9 Å². The number of carbonyl (C=O) groups excluding carboxylic acids is 2. The zero-order chi connectivity index (χ0) is 22.5. The number of anilines is 1. The molecule has 160 valence electrons. The van der Waals surface area contributed by atoms with Gasteiger partial charge in [0.2, 0.25) is 5.91 Å². The number of carbonyl (C=O) groups is 2. The summed E-state index contributed by atoms with van der Waals surface area (Å²) in [6, 6.07) is 24.8. The molecule has 0 aliphatic heterocycles. The molecule has 0 fully saturated rings. The fraction of sp³-hybridized carbons (Fsp3) is 0.120. The molecule has 6 nitrogen and oxygen atoms in total. The van der Waals surface area contributed by atoms with Crippen LogP contribution < -0.4 is 5.32 Å². The zero-order valence-corrected chi connectivity index (χ0v) is 18.6. The van der Waals surface area contributed by atoms with E-state index < -0.39 is 0 Å². The number of Topliss-reactive ketones (excluding diaryl/α,β-unsaturated/α-hetero) is 1. The number of amides is 1. The van der Waals surface area contributed by atoms with Crippen molar-refractivity contribution in [1.29, 1.82) is 0 Å². The predicted molar refractivity (Wildman–Crippen MR) is 127 cm³/mol. The summed E-state index contributed by atoms with van der Waals surface area (Å²) in [6.07, 6.45) is 0. The van der Waals surface area contributed by atoms with E-state index >= 15 is 0 Å². The van der Waals surface area contributed by atoms with Crippen molar-refractivity contribution >= 4 is 29.1 Å².